The van der Waals surface area contributed by atoms with Crippen LogP contribution in [0, 0.1) is 14.3 Å². The third kappa shape index (κ3) is 21.0. The smallest absolute Gasteiger partial charge is 0.404 e. The number of nitrogens with zero attached hydrogens (tertiary/aromatic N) is 4. The van der Waals surface area contributed by atoms with Crippen molar-refractivity contribution in [2.75, 3.05) is 32.9 Å². The molecule has 3 aromatic heterocycles. The second-order valence-corrected chi connectivity index (χ2v) is 36.7. The number of nitrogens with one attached hydrogen (secondary N) is 4. The third-order valence-electron chi connectivity index (χ3n) is 18.9. The number of ether oxygens (including phenoxy) is 4. The summed E-state index contributed by atoms with van der Waals surface area (Å²) in [7, 11) is -18.3. The SMILES string of the molecule is O=c1[nH]c(=S)n([C@@H]2O[C@](F)(COP3(=O)OCc4cc(Cl)ccc4O3)[C@@H](O)[C@H]2O)cc1CO.[2H]C([2H])(OP1(=O)OCc2cc(Cl)ccc2O1)[C@@]1(F)O[C@@H](n2cc(CO)c(=O)[nH]c2=S)[C@H](O)[C@@H]1O.[2H]C([2H])(OP1(=O)OCc2cc(Cl)ccc2O1)[C@@]1(F)O[C@@]([2H])(N2C=C(CO)C(=O)NC2=C)[C@H](O)[C@@H]1O.[2H][C@@]1(n2cc(CO)c(=O)[nH]c2=S)O[C@](F)(COP2(=O)OCc3cc(Cl)ccc3O2)[C@@H](O)[C@H]1O. The molecule has 7 aromatic rings. The van der Waals surface area contributed by atoms with Gasteiger partial charge in [0, 0.05) is 67.1 Å². The monoisotopic (exact) mass is 2030 g/mol. The van der Waals surface area contributed by atoms with E-state index in [1.807, 2.05) is 0 Å². The van der Waals surface area contributed by atoms with Crippen molar-refractivity contribution in [1.82, 2.24) is 38.9 Å². The molecule has 696 valence electrons. The van der Waals surface area contributed by atoms with Crippen molar-refractivity contribution >= 4 is 120 Å². The van der Waals surface area contributed by atoms with Crippen LogP contribution < -0.4 is 40.1 Å². The Labute approximate surface area is 757 Å². The fourth-order valence-electron chi connectivity index (χ4n) is 12.2. The Kier molecular flexibility index (Phi) is 27.4. The number of aliphatic hydroxyl groups is 12. The zero-order valence-corrected chi connectivity index (χ0v) is 72.8. The molecule has 4 saturated heterocycles. The zero-order chi connectivity index (χ0) is 98.5. The molecule has 0 radical (unpaired) electrons. The number of hydrogen-bond acceptors (Lipinski definition) is 40. The number of aromatic amines is 3. The van der Waals surface area contributed by atoms with E-state index in [0.717, 1.165) is 33.9 Å². The summed E-state index contributed by atoms with van der Waals surface area (Å²) in [4.78, 5) is 54.2. The average Bonchev–Trinajstić information content (AvgIpc) is 1.55. The number of phosphoric acid groups is 4. The Morgan fingerprint density at radius 2 is 0.766 bits per heavy atom. The maximum Gasteiger partial charge on any atom is 0.530 e. The highest BCUT2D eigenvalue weighted by Gasteiger charge is 2.62. The molecule has 4 unspecified atom stereocenters. The summed E-state index contributed by atoms with van der Waals surface area (Å²) in [5, 5.41) is 124. The molecule has 16 N–H and O–H groups in total. The number of benzene rings is 4. The Morgan fingerprint density at radius 1 is 0.461 bits per heavy atom. The summed E-state index contributed by atoms with van der Waals surface area (Å²) in [5.41, 5.74) is -1.48. The minimum atomic E-state index is -4.86. The van der Waals surface area contributed by atoms with E-state index in [-0.39, 0.29) is 74.6 Å². The van der Waals surface area contributed by atoms with Gasteiger partial charge in [-0.1, -0.05) is 53.0 Å². The van der Waals surface area contributed by atoms with Crippen LogP contribution >= 0.6 is 114 Å². The summed E-state index contributed by atoms with van der Waals surface area (Å²) < 4.78 is 244. The van der Waals surface area contributed by atoms with Gasteiger partial charge < -0.3 is 109 Å². The van der Waals surface area contributed by atoms with Crippen LogP contribution in [0.25, 0.3) is 0 Å². The number of fused-ring (bicyclic) bond motifs is 4. The lowest BCUT2D eigenvalue weighted by molar-refractivity contribution is -0.208. The van der Waals surface area contributed by atoms with Gasteiger partial charge in [-0.2, -0.15) is 0 Å². The number of carbonyl (C=O) groups excluding carboxylic acids is 1. The number of hydrogen-bond donors (Lipinski definition) is 16. The maximum absolute atomic E-state index is 15.9. The Morgan fingerprint density at radius 3 is 1.14 bits per heavy atom. The number of rotatable bonds is 20. The van der Waals surface area contributed by atoms with E-state index in [1.165, 1.54) is 72.8 Å². The molecule has 59 heteroatoms. The van der Waals surface area contributed by atoms with Crippen LogP contribution in [0.2, 0.25) is 20.1 Å². The molecule has 0 saturated carbocycles. The molecule has 0 aliphatic carbocycles. The van der Waals surface area contributed by atoms with E-state index in [9.17, 15) is 98.7 Å². The second-order valence-electron chi connectivity index (χ2n) is 27.6. The van der Waals surface area contributed by atoms with Crippen molar-refractivity contribution in [3.05, 3.63) is 220 Å². The van der Waals surface area contributed by atoms with Crippen molar-refractivity contribution in [3.8, 4) is 23.0 Å². The topological polar surface area (TPSA) is 604 Å². The van der Waals surface area contributed by atoms with Crippen molar-refractivity contribution < 1.29 is 183 Å². The summed E-state index contributed by atoms with van der Waals surface area (Å²) in [5.74, 6) is -15.1. The summed E-state index contributed by atoms with van der Waals surface area (Å²) in [6.07, 6.45) is -24.2. The highest BCUT2D eigenvalue weighted by Crippen LogP contribution is 2.61. The van der Waals surface area contributed by atoms with Crippen LogP contribution in [0.1, 0.15) is 65.8 Å². The molecule has 4 aromatic carbocycles. The van der Waals surface area contributed by atoms with Crippen LogP contribution in [-0.2, 0) is 124 Å². The van der Waals surface area contributed by atoms with Crippen LogP contribution in [0.4, 0.5) is 17.6 Å². The Hall–Kier alpha value is -7.03. The van der Waals surface area contributed by atoms with Gasteiger partial charge in [0.25, 0.3) is 46.0 Å². The lowest BCUT2D eigenvalue weighted by Crippen LogP contribution is -2.48. The van der Waals surface area contributed by atoms with E-state index < -0.39 is 221 Å². The van der Waals surface area contributed by atoms with Gasteiger partial charge in [-0.3, -0.25) is 84.0 Å². The molecule has 20 atom stereocenters. The standard InChI is InChI=1S/C18H19ClFN2O9P.3C17H17ClFN2O9PS/c1-9-21-16(26)11(6-23)5-22(9)17-14(24)15(25)18(20,30-17)8-29-32(27)28-7-10-4-12(19)2-3-13(10)31-32;3*18-10-1-2-11-8(3-10)6-27-31(26,30-11)28-7-17(19)13(24)12(23)15(29-17)21-4-9(5-22)14(25)20-16(21)32/h2-5,14-15,17,23-25H,1,6-8H2,(H,21,26);3*1-4,12-13,15,22-24H,5-7H2,(H,20,25,32)/t14-,15+,17-,18-,32?;3*12-,13+,15-,17-,31?/m1111/s1/i8D2,17D;15D;7D2;. The molecule has 4 fully saturated rings. The average molecular weight is 2030 g/mol. The van der Waals surface area contributed by atoms with Crippen molar-refractivity contribution in [3.63, 3.8) is 0 Å². The van der Waals surface area contributed by atoms with Gasteiger partial charge in [0.2, 0.25) is 0 Å². The van der Waals surface area contributed by atoms with Crippen molar-refractivity contribution in [2.45, 2.75) is 143 Å². The summed E-state index contributed by atoms with van der Waals surface area (Å²) in [6.45, 7) is -10.7. The van der Waals surface area contributed by atoms with Gasteiger partial charge in [0.15, 0.2) is 39.2 Å². The first-order valence-corrected chi connectivity index (χ1v) is 44.5. The second kappa shape index (κ2) is 38.9. The molecule has 16 rings (SSSR count). The highest BCUT2D eigenvalue weighted by atomic mass is 35.5. The lowest BCUT2D eigenvalue weighted by Gasteiger charge is -2.34. The molecule has 12 heterocycles. The lowest BCUT2D eigenvalue weighted by atomic mass is 10.1. The normalized spacial score (nSPS) is 34.6. The number of carbonyl (C=O) groups is 1. The van der Waals surface area contributed by atoms with Crippen LogP contribution in [0.5, 0.6) is 23.0 Å². The molecule has 0 spiro atoms. The molecular formula is C69H70Cl4F4N8O36P4S3. The third-order valence-corrected chi connectivity index (χ3v) is 25.8. The first kappa shape index (κ1) is 90.2. The van der Waals surface area contributed by atoms with E-state index in [1.54, 1.807) is 0 Å². The first-order valence-electron chi connectivity index (χ1n) is 39.0. The molecule has 1 amide bonds. The largest absolute Gasteiger partial charge is 0.530 e. The summed E-state index contributed by atoms with van der Waals surface area (Å²) >= 11 is 38.3. The fourth-order valence-corrected chi connectivity index (χ4v) is 18.4. The van der Waals surface area contributed by atoms with Crippen LogP contribution in [-0.4, -0.2) is 212 Å². The molecule has 128 heavy (non-hydrogen) atoms. The zero-order valence-electron chi connectivity index (χ0n) is 69.8. The predicted octanol–water partition coefficient (Wildman–Crippen LogP) is 6.00. The number of halogens is 8. The van der Waals surface area contributed by atoms with E-state index in [0.29, 0.717) is 51.8 Å². The summed E-state index contributed by atoms with van der Waals surface area (Å²) in [6, 6.07) is 17.2. The maximum atomic E-state index is 15.9. The predicted molar refractivity (Wildman–Crippen MR) is 430 cm³/mol. The number of aliphatic hydroxyl groups excluding tert-OH is 12. The molecule has 0 bridgehead atoms. The van der Waals surface area contributed by atoms with Crippen LogP contribution in [0.3, 0.4) is 0 Å². The number of amides is 1. The highest BCUT2D eigenvalue weighted by molar-refractivity contribution is 7.71. The number of aromatic nitrogens is 6. The molecule has 9 aliphatic heterocycles. The molecule has 44 nitrogen and oxygen atoms in total. The molecule has 9 aliphatic rings. The van der Waals surface area contributed by atoms with Gasteiger partial charge >= 0.3 is 31.3 Å². The van der Waals surface area contributed by atoms with E-state index in [2.05, 4.69) is 26.8 Å². The van der Waals surface area contributed by atoms with Crippen LogP contribution in [0.15, 0.2) is 130 Å². The minimum absolute atomic E-state index is 0.00966. The Balaban J connectivity index is 0.000000152. The number of phosphoric ester groups is 4. The van der Waals surface area contributed by atoms with Crippen molar-refractivity contribution in [2.24, 2.45) is 0 Å². The van der Waals surface area contributed by atoms with E-state index in [4.69, 9.17) is 165 Å². The van der Waals surface area contributed by atoms with E-state index >= 15 is 17.6 Å². The van der Waals surface area contributed by atoms with Gasteiger partial charge in [-0.15, -0.1) is 0 Å². The molecular weight excluding hydrogens is 1950 g/mol. The minimum Gasteiger partial charge on any atom is -0.404 e. The quantitative estimate of drug-likeness (QED) is 0.0236. The van der Waals surface area contributed by atoms with Gasteiger partial charge in [0.05, 0.1) is 83.3 Å². The fraction of sp³-hybridized carbons (Fsp3) is 0.406. The van der Waals surface area contributed by atoms with Gasteiger partial charge in [0.1, 0.15) is 104 Å². The van der Waals surface area contributed by atoms with Gasteiger partial charge in [-0.05, 0) is 109 Å². The number of alkyl halides is 4. The van der Waals surface area contributed by atoms with Gasteiger partial charge in [-0.25, -0.2) is 35.8 Å². The van der Waals surface area contributed by atoms with Crippen molar-refractivity contribution in [1.29, 1.82) is 0 Å². The first-order chi connectivity index (χ1) is 62.4. The Bertz CT molecular complexity index is 6450. The number of H-pyrrole nitrogens is 3.